The third-order valence-electron chi connectivity index (χ3n) is 2.15. The van der Waals surface area contributed by atoms with Crippen LogP contribution in [0.3, 0.4) is 0 Å². The number of rotatable bonds is 2. The van der Waals surface area contributed by atoms with E-state index >= 15 is 0 Å². The first-order valence-electron chi connectivity index (χ1n) is 4.52. The largest absolute Gasteiger partial charge is 0.442 e. The molecule has 0 atom stereocenters. The second kappa shape index (κ2) is 2.99. The minimum absolute atomic E-state index is 0.100. The van der Waals surface area contributed by atoms with Crippen molar-refractivity contribution in [2.45, 2.75) is 6.10 Å². The maximum absolute atomic E-state index is 5.43. The molecule has 0 N–H and O–H groups in total. The monoisotopic (exact) mass is 191 g/mol. The van der Waals surface area contributed by atoms with Crippen molar-refractivity contribution >= 4 is 11.1 Å². The summed E-state index contributed by atoms with van der Waals surface area (Å²) in [6.45, 7) is 1.25. The summed E-state index contributed by atoms with van der Waals surface area (Å²) >= 11 is 0. The van der Waals surface area contributed by atoms with E-state index in [-0.39, 0.29) is 6.10 Å². The summed E-state index contributed by atoms with van der Waals surface area (Å²) in [4.78, 5) is 4.19. The fraction of sp³-hybridized carbons (Fsp3) is 0.300. The minimum atomic E-state index is 0.100. The summed E-state index contributed by atoms with van der Waals surface area (Å²) in [6.07, 6.45) is 0.433. The second-order valence-electron chi connectivity index (χ2n) is 3.22. The lowest BCUT2D eigenvalue weighted by molar-refractivity contribution is -0.0889. The van der Waals surface area contributed by atoms with Crippen LogP contribution in [0, 0.1) is 0 Å². The topological polar surface area (TPSA) is 44.5 Å². The smallest absolute Gasteiger partial charge is 0.395 e. The molecule has 14 heavy (non-hydrogen) atoms. The molecule has 0 unspecified atom stereocenters. The Morgan fingerprint density at radius 1 is 1.29 bits per heavy atom. The molecule has 0 aliphatic carbocycles. The van der Waals surface area contributed by atoms with Gasteiger partial charge in [-0.25, -0.2) is 0 Å². The van der Waals surface area contributed by atoms with Gasteiger partial charge in [-0.1, -0.05) is 12.1 Å². The van der Waals surface area contributed by atoms with Crippen LogP contribution in [-0.4, -0.2) is 24.3 Å². The molecule has 0 amide bonds. The lowest BCUT2D eigenvalue weighted by atomic mass is 10.3. The Kier molecular flexibility index (Phi) is 1.67. The second-order valence-corrected chi connectivity index (χ2v) is 3.22. The van der Waals surface area contributed by atoms with Crippen molar-refractivity contribution in [3.8, 4) is 6.08 Å². The van der Waals surface area contributed by atoms with Crippen molar-refractivity contribution < 1.29 is 13.9 Å². The van der Waals surface area contributed by atoms with E-state index in [9.17, 15) is 0 Å². The van der Waals surface area contributed by atoms with Gasteiger partial charge < -0.3 is 13.9 Å². The van der Waals surface area contributed by atoms with Gasteiger partial charge in [-0.05, 0) is 12.1 Å². The average Bonchev–Trinajstić information content (AvgIpc) is 2.53. The van der Waals surface area contributed by atoms with E-state index in [2.05, 4.69) is 4.98 Å². The molecule has 2 heterocycles. The fourth-order valence-electron chi connectivity index (χ4n) is 1.33. The van der Waals surface area contributed by atoms with Crippen molar-refractivity contribution in [3.05, 3.63) is 24.3 Å². The van der Waals surface area contributed by atoms with Crippen LogP contribution in [-0.2, 0) is 4.74 Å². The Bertz CT molecular complexity index is 414. The molecule has 1 fully saturated rings. The Morgan fingerprint density at radius 2 is 2.14 bits per heavy atom. The number of hydrogen-bond donors (Lipinski definition) is 0. The SMILES string of the molecule is c1ccc2oc(OC3COC3)nc2c1. The van der Waals surface area contributed by atoms with Gasteiger partial charge in [0.15, 0.2) is 11.7 Å². The number of hydrogen-bond acceptors (Lipinski definition) is 4. The van der Waals surface area contributed by atoms with Gasteiger partial charge in [0.05, 0.1) is 13.2 Å². The highest BCUT2D eigenvalue weighted by molar-refractivity contribution is 5.72. The highest BCUT2D eigenvalue weighted by Gasteiger charge is 2.22. The van der Waals surface area contributed by atoms with Crippen LogP contribution in [0.5, 0.6) is 6.08 Å². The maximum Gasteiger partial charge on any atom is 0.395 e. The number of nitrogens with zero attached hydrogens (tertiary/aromatic N) is 1. The number of aromatic nitrogens is 1. The summed E-state index contributed by atoms with van der Waals surface area (Å²) < 4.78 is 15.8. The molecule has 0 saturated carbocycles. The number of benzene rings is 1. The van der Waals surface area contributed by atoms with Crippen LogP contribution in [0.1, 0.15) is 0 Å². The first-order chi connectivity index (χ1) is 6.92. The fourth-order valence-corrected chi connectivity index (χ4v) is 1.33. The minimum Gasteiger partial charge on any atom is -0.442 e. The van der Waals surface area contributed by atoms with Gasteiger partial charge in [0.1, 0.15) is 5.52 Å². The molecular formula is C10H9NO3. The zero-order valence-corrected chi connectivity index (χ0v) is 7.47. The van der Waals surface area contributed by atoms with Crippen LogP contribution < -0.4 is 4.74 Å². The van der Waals surface area contributed by atoms with Crippen molar-refractivity contribution in [3.63, 3.8) is 0 Å². The highest BCUT2D eigenvalue weighted by Crippen LogP contribution is 2.21. The van der Waals surface area contributed by atoms with E-state index in [0.29, 0.717) is 19.3 Å². The Balaban J connectivity index is 1.89. The summed E-state index contributed by atoms with van der Waals surface area (Å²) in [6, 6.07) is 7.58. The van der Waals surface area contributed by atoms with Crippen LogP contribution in [0.4, 0.5) is 0 Å². The molecule has 0 spiro atoms. The molecule has 2 aromatic rings. The normalized spacial score (nSPS) is 16.9. The van der Waals surface area contributed by atoms with E-state index < -0.39 is 0 Å². The molecule has 1 saturated heterocycles. The number of ether oxygens (including phenoxy) is 2. The third kappa shape index (κ3) is 1.24. The average molecular weight is 191 g/mol. The van der Waals surface area contributed by atoms with E-state index in [0.717, 1.165) is 11.1 Å². The molecule has 4 heteroatoms. The Labute approximate surface area is 80.4 Å². The van der Waals surface area contributed by atoms with Crippen molar-refractivity contribution in [2.24, 2.45) is 0 Å². The lowest BCUT2D eigenvalue weighted by Crippen LogP contribution is -2.38. The third-order valence-corrected chi connectivity index (χ3v) is 2.15. The quantitative estimate of drug-likeness (QED) is 0.723. The zero-order chi connectivity index (χ0) is 9.38. The van der Waals surface area contributed by atoms with Crippen molar-refractivity contribution in [1.29, 1.82) is 0 Å². The molecule has 1 aliphatic heterocycles. The molecular weight excluding hydrogens is 182 g/mol. The Morgan fingerprint density at radius 3 is 2.86 bits per heavy atom. The predicted octanol–water partition coefficient (Wildman–Crippen LogP) is 1.61. The number of oxazole rings is 1. The van der Waals surface area contributed by atoms with Crippen molar-refractivity contribution in [2.75, 3.05) is 13.2 Å². The molecule has 4 nitrogen and oxygen atoms in total. The summed E-state index contributed by atoms with van der Waals surface area (Å²) in [5, 5.41) is 0. The predicted molar refractivity (Wildman–Crippen MR) is 49.2 cm³/mol. The summed E-state index contributed by atoms with van der Waals surface area (Å²) in [7, 11) is 0. The highest BCUT2D eigenvalue weighted by atomic mass is 16.6. The first-order valence-corrected chi connectivity index (χ1v) is 4.52. The Hall–Kier alpha value is -1.55. The molecule has 1 aliphatic rings. The summed E-state index contributed by atoms with van der Waals surface area (Å²) in [5.41, 5.74) is 1.57. The first kappa shape index (κ1) is 7.82. The van der Waals surface area contributed by atoms with E-state index in [1.54, 1.807) is 0 Å². The van der Waals surface area contributed by atoms with Gasteiger partial charge in [0.25, 0.3) is 0 Å². The molecule has 0 bridgehead atoms. The van der Waals surface area contributed by atoms with Gasteiger partial charge in [0, 0.05) is 0 Å². The van der Waals surface area contributed by atoms with Gasteiger partial charge in [0.2, 0.25) is 0 Å². The van der Waals surface area contributed by atoms with Crippen LogP contribution in [0.25, 0.3) is 11.1 Å². The lowest BCUT2D eigenvalue weighted by Gasteiger charge is -2.24. The number of fused-ring (bicyclic) bond motifs is 1. The van der Waals surface area contributed by atoms with E-state index in [1.807, 2.05) is 24.3 Å². The molecule has 72 valence electrons. The molecule has 1 aromatic carbocycles. The number of para-hydroxylation sites is 2. The van der Waals surface area contributed by atoms with Crippen LogP contribution in [0.15, 0.2) is 28.7 Å². The van der Waals surface area contributed by atoms with Crippen molar-refractivity contribution in [1.82, 2.24) is 4.98 Å². The van der Waals surface area contributed by atoms with Crippen LogP contribution in [0.2, 0.25) is 0 Å². The molecule has 1 aromatic heterocycles. The van der Waals surface area contributed by atoms with E-state index in [4.69, 9.17) is 13.9 Å². The van der Waals surface area contributed by atoms with Crippen LogP contribution >= 0.6 is 0 Å². The van der Waals surface area contributed by atoms with Gasteiger partial charge >= 0.3 is 6.08 Å². The maximum atomic E-state index is 5.43. The standard InChI is InChI=1S/C10H9NO3/c1-2-4-9-8(3-1)11-10(14-9)13-7-5-12-6-7/h1-4,7H,5-6H2. The van der Waals surface area contributed by atoms with Gasteiger partial charge in [-0.15, -0.1) is 0 Å². The van der Waals surface area contributed by atoms with Gasteiger partial charge in [-0.2, -0.15) is 4.98 Å². The molecule has 0 radical (unpaired) electrons. The van der Waals surface area contributed by atoms with E-state index in [1.165, 1.54) is 0 Å². The molecule has 3 rings (SSSR count). The zero-order valence-electron chi connectivity index (χ0n) is 7.47. The van der Waals surface area contributed by atoms with Gasteiger partial charge in [-0.3, -0.25) is 0 Å². The summed E-state index contributed by atoms with van der Waals surface area (Å²) in [5.74, 6) is 0.